The average Bonchev–Trinajstić information content (AvgIpc) is 1.62. The van der Waals surface area contributed by atoms with Crippen molar-refractivity contribution < 1.29 is 77.0 Å². The molecule has 0 aromatic heterocycles. The van der Waals surface area contributed by atoms with Gasteiger partial charge in [-0.05, 0) is 0 Å². The van der Waals surface area contributed by atoms with Crippen molar-refractivity contribution in [2.45, 2.75) is 0 Å². The van der Waals surface area contributed by atoms with Crippen LogP contribution in [0.3, 0.4) is 0 Å². The van der Waals surface area contributed by atoms with Gasteiger partial charge in [-0.1, -0.05) is 0 Å². The Morgan fingerprint density at radius 3 is 0.333 bits per heavy atom. The van der Waals surface area contributed by atoms with Gasteiger partial charge in [0, 0.05) is 0 Å². The zero-order valence-corrected chi connectivity index (χ0v) is 12.4. The molecule has 0 unspecified atom stereocenters. The van der Waals surface area contributed by atoms with Gasteiger partial charge in [0.25, 0.3) is 0 Å². The first-order valence-electron chi connectivity index (χ1n) is 3.13. The van der Waals surface area contributed by atoms with Crippen molar-refractivity contribution in [2.75, 3.05) is 0 Å². The maximum atomic E-state index is 8.88. The third kappa shape index (κ3) is 2180. The Hall–Kier alpha value is 2.01. The van der Waals surface area contributed by atoms with Crippen LogP contribution in [0.1, 0.15) is 0 Å². The average molecular weight is 531 g/mol. The second-order valence-corrected chi connectivity index (χ2v) is 6.16. The van der Waals surface area contributed by atoms with Crippen LogP contribution in [0.5, 0.6) is 0 Å². The van der Waals surface area contributed by atoms with Crippen molar-refractivity contribution in [1.82, 2.24) is 0 Å². The molecule has 0 saturated carbocycles. The first-order valence-corrected chi connectivity index (χ1v) is 9.39. The van der Waals surface area contributed by atoms with Crippen molar-refractivity contribution in [3.05, 3.63) is 0 Å². The first-order chi connectivity index (χ1) is 8.00. The van der Waals surface area contributed by atoms with E-state index in [2.05, 4.69) is 0 Å². The molecular weight excluding hydrogens is 517 g/mol. The minimum absolute atomic E-state index is 0. The molecule has 0 fully saturated rings. The van der Waals surface area contributed by atoms with Crippen LogP contribution in [0.15, 0.2) is 0 Å². The van der Waals surface area contributed by atoms with Gasteiger partial charge in [0.15, 0.2) is 0 Å². The van der Waals surface area contributed by atoms with Gasteiger partial charge in [-0.15, -0.1) is 0 Å². The fourth-order valence-corrected chi connectivity index (χ4v) is 0. The van der Waals surface area contributed by atoms with Crippen LogP contribution < -0.4 is 0 Å². The summed E-state index contributed by atoms with van der Waals surface area (Å²) in [7, 11) is -18.6. The standard InChI is InChI=1S/Ba.4H3O4P.2H/c;4*1-5(2,3)4;;/h;4*(H3,1,2,3,4);;. The van der Waals surface area contributed by atoms with Crippen LogP contribution in [0.2, 0.25) is 0 Å². The zero-order chi connectivity index (χ0) is 18.0. The zero-order valence-electron chi connectivity index (χ0n) is 8.79. The Balaban J connectivity index is -0.0000000533. The second-order valence-electron chi connectivity index (χ2n) is 2.05. The predicted octanol–water partition coefficient (Wildman–Crippen LogP) is -4.63. The summed E-state index contributed by atoms with van der Waals surface area (Å²) in [4.78, 5) is 86.2. The van der Waals surface area contributed by atoms with Gasteiger partial charge in [-0.3, -0.25) is 0 Å². The third-order valence-electron chi connectivity index (χ3n) is 0. The molecule has 0 atom stereocenters. The molecule has 0 amide bonds. The fraction of sp³-hybridized carbons (Fsp3) is 0. The molecule has 0 aromatic carbocycles. The molecule has 0 rings (SSSR count). The maximum absolute atomic E-state index is 8.88. The van der Waals surface area contributed by atoms with Gasteiger partial charge in [0.1, 0.15) is 0 Å². The van der Waals surface area contributed by atoms with Crippen molar-refractivity contribution >= 4 is 80.2 Å². The third-order valence-corrected chi connectivity index (χ3v) is 0. The first kappa shape index (κ1) is 34.4. The summed E-state index contributed by atoms with van der Waals surface area (Å²) in [6.45, 7) is 0. The summed E-state index contributed by atoms with van der Waals surface area (Å²) in [5.41, 5.74) is 0. The molecule has 12 N–H and O–H groups in total. The van der Waals surface area contributed by atoms with E-state index in [9.17, 15) is 0 Å². The molecule has 16 nitrogen and oxygen atoms in total. The monoisotopic (exact) mass is 532 g/mol. The van der Waals surface area contributed by atoms with Gasteiger partial charge < -0.3 is 58.7 Å². The number of phosphoric acid groups is 4. The molecule has 21 heteroatoms. The summed E-state index contributed by atoms with van der Waals surface area (Å²) in [6.07, 6.45) is 0. The summed E-state index contributed by atoms with van der Waals surface area (Å²) < 4.78 is 35.5. The van der Waals surface area contributed by atoms with Crippen LogP contribution in [0.25, 0.3) is 0 Å². The van der Waals surface area contributed by atoms with Crippen molar-refractivity contribution in [3.8, 4) is 0 Å². The van der Waals surface area contributed by atoms with E-state index in [-0.39, 0.29) is 48.9 Å². The Morgan fingerprint density at radius 1 is 0.333 bits per heavy atom. The summed E-state index contributed by atoms with van der Waals surface area (Å²) in [6, 6.07) is 0. The Morgan fingerprint density at radius 2 is 0.333 bits per heavy atom. The van der Waals surface area contributed by atoms with E-state index in [0.29, 0.717) is 0 Å². The van der Waals surface area contributed by atoms with Crippen LogP contribution in [0, 0.1) is 0 Å². The fourth-order valence-electron chi connectivity index (χ4n) is 0. The predicted molar refractivity (Wildman–Crippen MR) is 65.6 cm³/mol. The normalized spacial score (nSPS) is 11.2. The van der Waals surface area contributed by atoms with Crippen LogP contribution in [-0.4, -0.2) is 108 Å². The molecular formula is H14BaO16P4. The molecule has 0 heterocycles. The van der Waals surface area contributed by atoms with Crippen molar-refractivity contribution in [1.29, 1.82) is 0 Å². The molecule has 0 spiro atoms. The van der Waals surface area contributed by atoms with Crippen molar-refractivity contribution in [2.24, 2.45) is 0 Å². The van der Waals surface area contributed by atoms with Gasteiger partial charge >= 0.3 is 80.2 Å². The van der Waals surface area contributed by atoms with Gasteiger partial charge in [-0.25, -0.2) is 18.3 Å². The molecule has 0 saturated heterocycles. The summed E-state index contributed by atoms with van der Waals surface area (Å²) in [5.74, 6) is 0. The van der Waals surface area contributed by atoms with E-state index in [4.69, 9.17) is 77.0 Å². The van der Waals surface area contributed by atoms with E-state index in [1.807, 2.05) is 0 Å². The topological polar surface area (TPSA) is 311 Å². The number of hydrogen-bond acceptors (Lipinski definition) is 4. The molecule has 0 radical (unpaired) electrons. The van der Waals surface area contributed by atoms with Crippen molar-refractivity contribution in [3.63, 3.8) is 0 Å². The van der Waals surface area contributed by atoms with Crippen LogP contribution in [0.4, 0.5) is 0 Å². The molecule has 0 aliphatic heterocycles. The van der Waals surface area contributed by atoms with E-state index in [0.717, 1.165) is 0 Å². The molecule has 0 bridgehead atoms. The quantitative estimate of drug-likeness (QED) is 0.103. The Bertz CT molecular complexity index is 285. The van der Waals surface area contributed by atoms with Crippen LogP contribution >= 0.6 is 31.3 Å². The molecule has 0 aromatic rings. The second kappa shape index (κ2) is 14.4. The van der Waals surface area contributed by atoms with E-state index in [1.54, 1.807) is 0 Å². The molecule has 0 aliphatic carbocycles. The Kier molecular flexibility index (Phi) is 23.5. The summed E-state index contributed by atoms with van der Waals surface area (Å²) >= 11 is 0. The Labute approximate surface area is 156 Å². The number of rotatable bonds is 0. The van der Waals surface area contributed by atoms with Crippen LogP contribution in [-0.2, 0) is 18.3 Å². The molecule has 132 valence electrons. The minimum atomic E-state index is -4.64. The van der Waals surface area contributed by atoms with Gasteiger partial charge in [0.2, 0.25) is 0 Å². The molecule has 21 heavy (non-hydrogen) atoms. The van der Waals surface area contributed by atoms with E-state index < -0.39 is 31.3 Å². The molecule has 0 aliphatic rings. The SMILES string of the molecule is O=P(O)(O)O.O=P(O)(O)O.O=P(O)(O)O.O=P(O)(O)O.[BaH2]. The van der Waals surface area contributed by atoms with Gasteiger partial charge in [-0.2, -0.15) is 0 Å². The summed E-state index contributed by atoms with van der Waals surface area (Å²) in [5, 5.41) is 0. The van der Waals surface area contributed by atoms with E-state index >= 15 is 0 Å². The van der Waals surface area contributed by atoms with E-state index in [1.165, 1.54) is 0 Å². The number of hydrogen-bond donors (Lipinski definition) is 12. The van der Waals surface area contributed by atoms with Gasteiger partial charge in [0.05, 0.1) is 0 Å².